The molecule has 1 amide bonds. The maximum Gasteiger partial charge on any atom is 0.260 e. The van der Waals surface area contributed by atoms with Crippen molar-refractivity contribution in [1.29, 1.82) is 0 Å². The van der Waals surface area contributed by atoms with Crippen LogP contribution in [0, 0.1) is 5.92 Å². The molecule has 1 unspecified atom stereocenters. The van der Waals surface area contributed by atoms with Crippen LogP contribution in [0.25, 0.3) is 0 Å². The van der Waals surface area contributed by atoms with Crippen LogP contribution in [0.2, 0.25) is 10.0 Å². The number of likely N-dealkylation sites (tertiary alicyclic amines) is 1. The molecule has 1 saturated heterocycles. The molecular formula is C17H24Cl2N2O2. The molecule has 1 aliphatic rings. The predicted octanol–water partition coefficient (Wildman–Crippen LogP) is 3.61. The summed E-state index contributed by atoms with van der Waals surface area (Å²) in [5, 5.41) is 3.69. The van der Waals surface area contributed by atoms with Gasteiger partial charge < -0.3 is 15.0 Å². The lowest BCUT2D eigenvalue weighted by atomic mass is 9.94. The third kappa shape index (κ3) is 5.55. The van der Waals surface area contributed by atoms with Crippen molar-refractivity contribution in [2.24, 2.45) is 5.92 Å². The number of amides is 1. The molecule has 1 heterocycles. The lowest BCUT2D eigenvalue weighted by Crippen LogP contribution is -2.38. The fourth-order valence-corrected chi connectivity index (χ4v) is 3.05. The minimum atomic E-state index is -0.608. The second-order valence-corrected chi connectivity index (χ2v) is 6.92. The van der Waals surface area contributed by atoms with Crippen molar-refractivity contribution in [1.82, 2.24) is 10.2 Å². The van der Waals surface area contributed by atoms with Crippen LogP contribution in [-0.2, 0) is 4.79 Å². The quantitative estimate of drug-likeness (QED) is 0.844. The first-order valence-corrected chi connectivity index (χ1v) is 8.80. The number of carbonyl (C=O) groups is 1. The number of rotatable bonds is 6. The zero-order chi connectivity index (χ0) is 16.8. The molecule has 128 valence electrons. The molecule has 2 rings (SSSR count). The monoisotopic (exact) mass is 358 g/mol. The van der Waals surface area contributed by atoms with E-state index < -0.39 is 6.10 Å². The summed E-state index contributed by atoms with van der Waals surface area (Å²) >= 11 is 12.0. The molecule has 1 atom stereocenters. The van der Waals surface area contributed by atoms with Gasteiger partial charge in [-0.05, 0) is 64.4 Å². The Balaban J connectivity index is 1.73. The van der Waals surface area contributed by atoms with Crippen molar-refractivity contribution in [2.45, 2.75) is 32.3 Å². The van der Waals surface area contributed by atoms with E-state index in [0.29, 0.717) is 28.3 Å². The predicted molar refractivity (Wildman–Crippen MR) is 94.4 cm³/mol. The van der Waals surface area contributed by atoms with Crippen molar-refractivity contribution >= 4 is 29.1 Å². The lowest BCUT2D eigenvalue weighted by molar-refractivity contribution is -0.127. The van der Waals surface area contributed by atoms with Crippen LogP contribution in [0.5, 0.6) is 5.75 Å². The molecule has 0 aromatic heterocycles. The molecule has 4 nitrogen and oxygen atoms in total. The van der Waals surface area contributed by atoms with E-state index in [4.69, 9.17) is 27.9 Å². The van der Waals surface area contributed by atoms with Crippen LogP contribution in [0.3, 0.4) is 0 Å². The molecular weight excluding hydrogens is 335 g/mol. The molecule has 1 N–H and O–H groups in total. The summed E-state index contributed by atoms with van der Waals surface area (Å²) < 4.78 is 5.61. The Bertz CT molecular complexity index is 531. The van der Waals surface area contributed by atoms with Gasteiger partial charge in [-0.1, -0.05) is 29.3 Å². The topological polar surface area (TPSA) is 41.6 Å². The van der Waals surface area contributed by atoms with Crippen LogP contribution in [-0.4, -0.2) is 43.6 Å². The zero-order valence-electron chi connectivity index (χ0n) is 13.6. The number of piperidine rings is 1. The maximum atomic E-state index is 12.1. The second-order valence-electron chi connectivity index (χ2n) is 6.14. The number of carbonyl (C=O) groups excluding carboxylic acids is 1. The van der Waals surface area contributed by atoms with Crippen molar-refractivity contribution in [2.75, 3.05) is 26.7 Å². The fourth-order valence-electron chi connectivity index (χ4n) is 2.71. The summed E-state index contributed by atoms with van der Waals surface area (Å²) in [4.78, 5) is 14.5. The summed E-state index contributed by atoms with van der Waals surface area (Å²) in [5.74, 6) is 0.996. The SMILES string of the molecule is CC(Oc1cccc(Cl)c1Cl)C(=O)NCCC1CCN(C)CC1. The number of benzene rings is 1. The van der Waals surface area contributed by atoms with Gasteiger partial charge in [0.2, 0.25) is 0 Å². The third-order valence-electron chi connectivity index (χ3n) is 4.28. The van der Waals surface area contributed by atoms with Crippen LogP contribution < -0.4 is 10.1 Å². The van der Waals surface area contributed by atoms with Crippen LogP contribution in [0.1, 0.15) is 26.2 Å². The Morgan fingerprint density at radius 3 is 2.78 bits per heavy atom. The Labute approximate surface area is 148 Å². The third-order valence-corrected chi connectivity index (χ3v) is 5.08. The van der Waals surface area contributed by atoms with Gasteiger partial charge in [0.15, 0.2) is 6.10 Å². The number of hydrogen-bond acceptors (Lipinski definition) is 3. The molecule has 1 aliphatic heterocycles. The summed E-state index contributed by atoms with van der Waals surface area (Å²) in [6.45, 7) is 4.68. The molecule has 0 radical (unpaired) electrons. The van der Waals surface area contributed by atoms with Crippen molar-refractivity contribution in [3.05, 3.63) is 28.2 Å². The summed E-state index contributed by atoms with van der Waals surface area (Å²) in [6.07, 6.45) is 2.82. The average Bonchev–Trinajstić information content (AvgIpc) is 2.53. The highest BCUT2D eigenvalue weighted by Crippen LogP contribution is 2.32. The average molecular weight is 359 g/mol. The molecule has 0 saturated carbocycles. The van der Waals surface area contributed by atoms with Gasteiger partial charge in [0.1, 0.15) is 10.8 Å². The Morgan fingerprint density at radius 2 is 2.09 bits per heavy atom. The van der Waals surface area contributed by atoms with Gasteiger partial charge in [-0.25, -0.2) is 0 Å². The van der Waals surface area contributed by atoms with E-state index in [9.17, 15) is 4.79 Å². The van der Waals surface area contributed by atoms with E-state index in [1.54, 1.807) is 25.1 Å². The minimum absolute atomic E-state index is 0.131. The Hall–Kier alpha value is -0.970. The first-order chi connectivity index (χ1) is 11.0. The highest BCUT2D eigenvalue weighted by Gasteiger charge is 2.19. The summed E-state index contributed by atoms with van der Waals surface area (Å²) in [5.41, 5.74) is 0. The van der Waals surface area contributed by atoms with Gasteiger partial charge in [-0.2, -0.15) is 0 Å². The van der Waals surface area contributed by atoms with Crippen molar-refractivity contribution in [3.63, 3.8) is 0 Å². The molecule has 1 aromatic rings. The van der Waals surface area contributed by atoms with Gasteiger partial charge >= 0.3 is 0 Å². The normalized spacial score (nSPS) is 17.7. The van der Waals surface area contributed by atoms with Gasteiger partial charge in [0, 0.05) is 6.54 Å². The fraction of sp³-hybridized carbons (Fsp3) is 0.588. The maximum absolute atomic E-state index is 12.1. The minimum Gasteiger partial charge on any atom is -0.479 e. The first-order valence-electron chi connectivity index (χ1n) is 8.04. The number of nitrogens with one attached hydrogen (secondary N) is 1. The largest absolute Gasteiger partial charge is 0.479 e. The van der Waals surface area contributed by atoms with Crippen LogP contribution in [0.15, 0.2) is 18.2 Å². The molecule has 1 fully saturated rings. The second kappa shape index (κ2) is 8.76. The van der Waals surface area contributed by atoms with Crippen LogP contribution in [0.4, 0.5) is 0 Å². The molecule has 23 heavy (non-hydrogen) atoms. The number of ether oxygens (including phenoxy) is 1. The van der Waals surface area contributed by atoms with Gasteiger partial charge in [0.05, 0.1) is 5.02 Å². The van der Waals surface area contributed by atoms with Gasteiger partial charge in [0.25, 0.3) is 5.91 Å². The van der Waals surface area contributed by atoms with Crippen molar-refractivity contribution < 1.29 is 9.53 Å². The molecule has 0 spiro atoms. The summed E-state index contributed by atoms with van der Waals surface area (Å²) in [7, 11) is 2.15. The van der Waals surface area contributed by atoms with Gasteiger partial charge in [-0.15, -0.1) is 0 Å². The zero-order valence-corrected chi connectivity index (χ0v) is 15.2. The lowest BCUT2D eigenvalue weighted by Gasteiger charge is -2.29. The number of hydrogen-bond donors (Lipinski definition) is 1. The van der Waals surface area contributed by atoms with E-state index in [1.165, 1.54) is 12.8 Å². The van der Waals surface area contributed by atoms with Crippen LogP contribution >= 0.6 is 23.2 Å². The van der Waals surface area contributed by atoms with E-state index in [1.807, 2.05) is 0 Å². The Morgan fingerprint density at radius 1 is 1.39 bits per heavy atom. The molecule has 0 aliphatic carbocycles. The highest BCUT2D eigenvalue weighted by molar-refractivity contribution is 6.42. The molecule has 6 heteroatoms. The van der Waals surface area contributed by atoms with E-state index >= 15 is 0 Å². The Kier molecular flexibility index (Phi) is 7.00. The highest BCUT2D eigenvalue weighted by atomic mass is 35.5. The van der Waals surface area contributed by atoms with Crippen molar-refractivity contribution in [3.8, 4) is 5.75 Å². The first kappa shape index (κ1) is 18.4. The molecule has 0 bridgehead atoms. The number of nitrogens with zero attached hydrogens (tertiary/aromatic N) is 1. The molecule has 1 aromatic carbocycles. The van der Waals surface area contributed by atoms with E-state index in [0.717, 1.165) is 19.5 Å². The summed E-state index contributed by atoms with van der Waals surface area (Å²) in [6, 6.07) is 5.13. The van der Waals surface area contributed by atoms with Gasteiger partial charge in [-0.3, -0.25) is 4.79 Å². The standard InChI is InChI=1S/C17H24Cl2N2O2/c1-12(23-15-5-3-4-14(18)16(15)19)17(22)20-9-6-13-7-10-21(2)11-8-13/h3-5,12-13H,6-11H2,1-2H3,(H,20,22). The van der Waals surface area contributed by atoms with E-state index in [2.05, 4.69) is 17.3 Å². The van der Waals surface area contributed by atoms with E-state index in [-0.39, 0.29) is 5.91 Å². The smallest absolute Gasteiger partial charge is 0.260 e. The number of halogens is 2.